The zero-order valence-corrected chi connectivity index (χ0v) is 59.1. The third-order valence-electron chi connectivity index (χ3n) is 16.5. The van der Waals surface area contributed by atoms with E-state index in [0.717, 1.165) is 23.1 Å². The van der Waals surface area contributed by atoms with Crippen molar-refractivity contribution in [2.75, 3.05) is 55.9 Å². The number of carboxylic acid groups (broad SMARTS) is 1. The number of hydrogen-bond acceptors (Lipinski definition) is 14. The molecular formula is C65H117N11O14. The monoisotopic (exact) mass is 1280 g/mol. The molecule has 0 radical (unpaired) electrons. The predicted octanol–water partition coefficient (Wildman–Crippen LogP) is 4.06. The zero-order valence-electron chi connectivity index (χ0n) is 59.1. The zero-order chi connectivity index (χ0) is 70.1. The van der Waals surface area contributed by atoms with Crippen LogP contribution in [0.15, 0.2) is 12.2 Å². The van der Waals surface area contributed by atoms with Gasteiger partial charge >= 0.3 is 11.9 Å². The maximum Gasteiger partial charge on any atom is 0.323 e. The number of ether oxygens (including phenoxy) is 1. The number of allylic oxidation sites excluding steroid dienone is 2. The van der Waals surface area contributed by atoms with E-state index in [0.29, 0.717) is 12.8 Å². The summed E-state index contributed by atoms with van der Waals surface area (Å²) in [4.78, 5) is 175. The predicted molar refractivity (Wildman–Crippen MR) is 347 cm³/mol. The summed E-state index contributed by atoms with van der Waals surface area (Å²) in [6.07, 6.45) is 4.52. The number of aliphatic carboxylic acids is 1. The van der Waals surface area contributed by atoms with Crippen LogP contribution in [-0.4, -0.2) is 228 Å². The second-order valence-corrected chi connectivity index (χ2v) is 26.5. The Morgan fingerprint density at radius 3 is 1.38 bits per heavy atom. The fourth-order valence-electron chi connectivity index (χ4n) is 10.8. The molecular weight excluding hydrogens is 1160 g/mol. The Labute approximate surface area is 538 Å². The van der Waals surface area contributed by atoms with Gasteiger partial charge in [0.05, 0.1) is 6.04 Å². The van der Waals surface area contributed by atoms with Crippen molar-refractivity contribution in [3.05, 3.63) is 12.2 Å². The lowest BCUT2D eigenvalue weighted by Gasteiger charge is -2.42. The van der Waals surface area contributed by atoms with Gasteiger partial charge in [-0.25, -0.2) is 0 Å². The van der Waals surface area contributed by atoms with E-state index in [1.54, 1.807) is 67.7 Å². The lowest BCUT2D eigenvalue weighted by molar-refractivity contribution is -0.164. The molecule has 10 amide bonds. The Bertz CT molecular complexity index is 2440. The van der Waals surface area contributed by atoms with E-state index in [-0.39, 0.29) is 61.2 Å². The maximum atomic E-state index is 15.2. The molecule has 25 nitrogen and oxygen atoms in total. The molecule has 0 spiro atoms. The normalized spacial score (nSPS) is 16.0. The summed E-state index contributed by atoms with van der Waals surface area (Å²) in [5.74, 6) is -10.2. The number of rotatable bonds is 39. The van der Waals surface area contributed by atoms with Gasteiger partial charge in [0.15, 0.2) is 0 Å². The Hall–Kier alpha value is -6.66. The van der Waals surface area contributed by atoms with Crippen molar-refractivity contribution in [1.82, 2.24) is 56.0 Å². The van der Waals surface area contributed by atoms with Crippen LogP contribution < -0.4 is 26.6 Å². The van der Waals surface area contributed by atoms with Crippen LogP contribution >= 0.6 is 0 Å². The van der Waals surface area contributed by atoms with Crippen molar-refractivity contribution < 1.29 is 67.4 Å². The van der Waals surface area contributed by atoms with Crippen molar-refractivity contribution in [2.24, 2.45) is 41.4 Å². The average molecular weight is 1280 g/mol. The van der Waals surface area contributed by atoms with E-state index < -0.39 is 150 Å². The minimum absolute atomic E-state index is 0.0318. The minimum Gasteiger partial charge on any atom is -0.480 e. The fraction of sp³-hybridized carbons (Fsp3) is 0.785. The molecule has 516 valence electrons. The summed E-state index contributed by atoms with van der Waals surface area (Å²) < 4.78 is 5.83. The number of nitrogens with zero attached hydrogens (tertiary/aromatic N) is 6. The lowest BCUT2D eigenvalue weighted by Crippen LogP contribution is -2.64. The van der Waals surface area contributed by atoms with E-state index in [4.69, 9.17) is 4.74 Å². The van der Waals surface area contributed by atoms with Gasteiger partial charge < -0.3 is 65.8 Å². The minimum atomic E-state index is -1.58. The van der Waals surface area contributed by atoms with Crippen LogP contribution in [0.3, 0.4) is 0 Å². The number of carbonyl (C=O) groups excluding carboxylic acids is 11. The van der Waals surface area contributed by atoms with Crippen LogP contribution in [0.1, 0.15) is 170 Å². The first-order valence-electron chi connectivity index (χ1n) is 32.1. The van der Waals surface area contributed by atoms with Gasteiger partial charge in [0.1, 0.15) is 67.0 Å². The molecule has 0 aliphatic rings. The molecule has 25 heteroatoms. The third kappa shape index (κ3) is 25.6. The first-order valence-corrected chi connectivity index (χ1v) is 32.1. The van der Waals surface area contributed by atoms with Crippen molar-refractivity contribution >= 4 is 71.0 Å². The number of amides is 10. The maximum absolute atomic E-state index is 15.2. The van der Waals surface area contributed by atoms with Gasteiger partial charge in [-0.2, -0.15) is 0 Å². The van der Waals surface area contributed by atoms with E-state index in [2.05, 4.69) is 26.6 Å². The van der Waals surface area contributed by atoms with Crippen molar-refractivity contribution in [3.63, 3.8) is 0 Å². The van der Waals surface area contributed by atoms with Gasteiger partial charge in [-0.05, 0) is 108 Å². The first-order chi connectivity index (χ1) is 41.6. The standard InChI is InChI=1S/C65H117N11O14/c1-26-29-30-42(15)55(90-45(18)77)54(59(83)69-46(28-3)61(85)71(20)35-51(78)79)76(25)65(89)53(40(12)13)75(24)63(87)50(33-38(8)9)74(23)62(86)49(32-37(6)7)73(22)60(84)44(17)68-56(80)43(16)67-58(82)48(31-36(4)5)72(21)64(88)52(39(10)11)70-57(81)47(66-19)34-41(14)27-2/h26,29,36-44,46-50,52-55,66H,27-28,30-35H2,1-25H3,(H,67,82)(H,68,80)(H,69,83)(H,70,81)(H,78,79)/b29-26+/t41?,42-,43+,44-,46+,47+,48+,49+,50+,52+,53+,54+,55-/m1/s1. The number of hydrogen-bond donors (Lipinski definition) is 6. The van der Waals surface area contributed by atoms with E-state index in [9.17, 15) is 48.3 Å². The molecule has 6 N–H and O–H groups in total. The molecule has 0 aliphatic heterocycles. The third-order valence-corrected chi connectivity index (χ3v) is 16.5. The number of esters is 1. The largest absolute Gasteiger partial charge is 0.480 e. The van der Waals surface area contributed by atoms with E-state index in [1.165, 1.54) is 75.7 Å². The lowest BCUT2D eigenvalue weighted by atomic mass is 9.91. The van der Waals surface area contributed by atoms with Crippen LogP contribution in [0.5, 0.6) is 0 Å². The van der Waals surface area contributed by atoms with Crippen molar-refractivity contribution in [2.45, 2.75) is 236 Å². The molecule has 0 aromatic carbocycles. The Morgan fingerprint density at radius 2 is 0.944 bits per heavy atom. The molecule has 0 heterocycles. The van der Waals surface area contributed by atoms with Crippen LogP contribution in [0.25, 0.3) is 0 Å². The molecule has 0 aromatic rings. The quantitative estimate of drug-likeness (QED) is 0.0374. The SMILES string of the molecule is C/C=C/C[C@@H](C)[C@@H](OC(C)=O)[C@@H](C(=O)N[C@@H](CC)C(=O)N(C)CC(=O)O)N(C)C(=O)[C@H](C(C)C)N(C)C(=O)[C@H](CC(C)C)N(C)C(=O)[C@H](CC(C)C)N(C)C(=O)[C@@H](C)NC(=O)[C@H](C)NC(=O)[C@H](CC(C)C)N(C)C(=O)[C@@H](NC(=O)[C@H](CC(C)CC)NC)C(C)C. The number of likely N-dealkylation sites (N-methyl/N-ethyl adjacent to an activating group) is 7. The number of nitrogens with one attached hydrogen (secondary N) is 5. The molecule has 90 heavy (non-hydrogen) atoms. The van der Waals surface area contributed by atoms with Crippen LogP contribution in [0.4, 0.5) is 0 Å². The summed E-state index contributed by atoms with van der Waals surface area (Å²) in [6, 6.07) is -11.5. The van der Waals surface area contributed by atoms with Gasteiger partial charge in [0, 0.05) is 49.2 Å². The van der Waals surface area contributed by atoms with Gasteiger partial charge in [0.25, 0.3) is 0 Å². The molecule has 0 fully saturated rings. The topological polar surface area (TPSA) is 314 Å². The van der Waals surface area contributed by atoms with Crippen LogP contribution in [0.2, 0.25) is 0 Å². The summed E-state index contributed by atoms with van der Waals surface area (Å²) >= 11 is 0. The van der Waals surface area contributed by atoms with E-state index in [1.807, 2.05) is 55.4 Å². The van der Waals surface area contributed by atoms with Gasteiger partial charge in [-0.1, -0.05) is 116 Å². The summed E-state index contributed by atoms with van der Waals surface area (Å²) in [6.45, 7) is 30.8. The highest BCUT2D eigenvalue weighted by Crippen LogP contribution is 2.27. The highest BCUT2D eigenvalue weighted by molar-refractivity contribution is 5.99. The molecule has 0 saturated carbocycles. The molecule has 0 aromatic heterocycles. The Balaban J connectivity index is 7.15. The number of carboxylic acids is 1. The molecule has 0 aliphatic carbocycles. The highest BCUT2D eigenvalue weighted by Gasteiger charge is 2.46. The molecule has 13 atom stereocenters. The van der Waals surface area contributed by atoms with Crippen molar-refractivity contribution in [1.29, 1.82) is 0 Å². The first kappa shape index (κ1) is 83.3. The Kier molecular flexibility index (Phi) is 36.6. The smallest absolute Gasteiger partial charge is 0.323 e. The molecule has 0 rings (SSSR count). The van der Waals surface area contributed by atoms with Crippen LogP contribution in [-0.2, 0) is 62.3 Å². The van der Waals surface area contributed by atoms with Gasteiger partial charge in [-0.15, -0.1) is 0 Å². The average Bonchev–Trinajstić information content (AvgIpc) is 0.838. The highest BCUT2D eigenvalue weighted by atomic mass is 16.5. The molecule has 0 saturated heterocycles. The fourth-order valence-corrected chi connectivity index (χ4v) is 10.8. The van der Waals surface area contributed by atoms with Crippen molar-refractivity contribution in [3.8, 4) is 0 Å². The van der Waals surface area contributed by atoms with Gasteiger partial charge in [-0.3, -0.25) is 57.5 Å². The summed E-state index contributed by atoms with van der Waals surface area (Å²) in [7, 11) is 10.1. The summed E-state index contributed by atoms with van der Waals surface area (Å²) in [5.41, 5.74) is 0. The number of carbonyl (C=O) groups is 12. The van der Waals surface area contributed by atoms with E-state index >= 15 is 14.4 Å². The summed E-state index contributed by atoms with van der Waals surface area (Å²) in [5, 5.41) is 23.4. The van der Waals surface area contributed by atoms with Gasteiger partial charge in [0.2, 0.25) is 59.1 Å². The van der Waals surface area contributed by atoms with Crippen LogP contribution in [0, 0.1) is 41.4 Å². The second-order valence-electron chi connectivity index (χ2n) is 26.5. The second kappa shape index (κ2) is 39.6. The Morgan fingerprint density at radius 1 is 0.478 bits per heavy atom. The molecule has 0 bridgehead atoms. The molecule has 1 unspecified atom stereocenters.